The molecule has 3 heterocycles. The van der Waals surface area contributed by atoms with Gasteiger partial charge in [-0.05, 0) is 42.8 Å². The van der Waals surface area contributed by atoms with Crippen molar-refractivity contribution in [2.75, 3.05) is 0 Å². The van der Waals surface area contributed by atoms with Crippen molar-refractivity contribution in [1.29, 1.82) is 0 Å². The first kappa shape index (κ1) is 21.3. The Morgan fingerprint density at radius 2 is 1.64 bits per heavy atom. The molecule has 0 aliphatic carbocycles. The van der Waals surface area contributed by atoms with Crippen LogP contribution in [0.25, 0.3) is 23.0 Å². The highest BCUT2D eigenvalue weighted by molar-refractivity contribution is 8.26. The molecule has 2 aromatic heterocycles. The number of pyridine rings is 1. The van der Waals surface area contributed by atoms with E-state index in [1.54, 1.807) is 17.3 Å². The van der Waals surface area contributed by atoms with Crippen LogP contribution in [0.15, 0.2) is 96.3 Å². The standard InChI is InChI=1S/C26H20N4OS2/c1-18(19-8-4-2-5-9-19)30-25(31)23(33-26(30)32)16-21-17-29(22-10-6-3-7-11-22)28-24(21)20-12-14-27-15-13-20/h2-18H,1H3/b23-16-. The number of aromatic nitrogens is 3. The van der Waals surface area contributed by atoms with Crippen LogP contribution in [-0.2, 0) is 4.79 Å². The molecule has 5 rings (SSSR count). The maximum atomic E-state index is 13.4. The zero-order chi connectivity index (χ0) is 22.8. The summed E-state index contributed by atoms with van der Waals surface area (Å²) in [7, 11) is 0. The number of para-hydroxylation sites is 1. The van der Waals surface area contributed by atoms with Crippen LogP contribution in [0.1, 0.15) is 24.1 Å². The van der Waals surface area contributed by atoms with E-state index in [1.165, 1.54) is 11.8 Å². The largest absolute Gasteiger partial charge is 0.286 e. The van der Waals surface area contributed by atoms with Crippen molar-refractivity contribution >= 4 is 40.3 Å². The van der Waals surface area contributed by atoms with Crippen LogP contribution in [0.5, 0.6) is 0 Å². The third kappa shape index (κ3) is 4.25. The summed E-state index contributed by atoms with van der Waals surface area (Å²) in [6.07, 6.45) is 7.31. The summed E-state index contributed by atoms with van der Waals surface area (Å²) in [5.74, 6) is -0.0884. The van der Waals surface area contributed by atoms with Gasteiger partial charge in [0, 0.05) is 29.7 Å². The van der Waals surface area contributed by atoms with Gasteiger partial charge in [-0.2, -0.15) is 5.10 Å². The summed E-state index contributed by atoms with van der Waals surface area (Å²) < 4.78 is 2.39. The molecule has 1 aliphatic heterocycles. The van der Waals surface area contributed by atoms with Crippen LogP contribution >= 0.6 is 24.0 Å². The summed E-state index contributed by atoms with van der Waals surface area (Å²) in [6, 6.07) is 23.5. The van der Waals surface area contributed by atoms with E-state index in [9.17, 15) is 4.79 Å². The predicted molar refractivity (Wildman–Crippen MR) is 137 cm³/mol. The van der Waals surface area contributed by atoms with E-state index in [2.05, 4.69) is 4.98 Å². The second kappa shape index (κ2) is 9.13. The van der Waals surface area contributed by atoms with E-state index in [4.69, 9.17) is 17.3 Å². The number of rotatable bonds is 5. The lowest BCUT2D eigenvalue weighted by molar-refractivity contribution is -0.123. The van der Waals surface area contributed by atoms with Crippen molar-refractivity contribution in [3.8, 4) is 16.9 Å². The van der Waals surface area contributed by atoms with Gasteiger partial charge in [0.05, 0.1) is 16.6 Å². The van der Waals surface area contributed by atoms with E-state index in [-0.39, 0.29) is 11.9 Å². The third-order valence-electron chi connectivity index (χ3n) is 5.50. The van der Waals surface area contributed by atoms with Crippen LogP contribution in [0.2, 0.25) is 0 Å². The molecule has 0 saturated carbocycles. The summed E-state index contributed by atoms with van der Waals surface area (Å²) >= 11 is 6.92. The van der Waals surface area contributed by atoms with Crippen LogP contribution in [0.3, 0.4) is 0 Å². The van der Waals surface area contributed by atoms with Crippen molar-refractivity contribution in [3.63, 3.8) is 0 Å². The van der Waals surface area contributed by atoms with Crippen molar-refractivity contribution in [1.82, 2.24) is 19.7 Å². The average Bonchev–Trinajstić information content (AvgIpc) is 3.41. The maximum Gasteiger partial charge on any atom is 0.266 e. The van der Waals surface area contributed by atoms with Gasteiger partial charge in [-0.25, -0.2) is 4.68 Å². The van der Waals surface area contributed by atoms with E-state index in [0.717, 1.165) is 28.1 Å². The molecular weight excluding hydrogens is 448 g/mol. The SMILES string of the molecule is CC(c1ccccc1)N1C(=O)/C(=C/c2cn(-c3ccccc3)nc2-c2ccncc2)SC1=S. The molecule has 33 heavy (non-hydrogen) atoms. The highest BCUT2D eigenvalue weighted by Gasteiger charge is 2.36. The lowest BCUT2D eigenvalue weighted by atomic mass is 10.1. The molecule has 0 radical (unpaired) electrons. The first-order valence-corrected chi connectivity index (χ1v) is 11.7. The second-order valence-electron chi connectivity index (χ2n) is 7.59. The number of thiocarbonyl (C=S) groups is 1. The van der Waals surface area contributed by atoms with Gasteiger partial charge in [0.2, 0.25) is 0 Å². The van der Waals surface area contributed by atoms with Crippen LogP contribution in [0, 0.1) is 0 Å². The molecular formula is C26H20N4OS2. The molecule has 162 valence electrons. The number of hydrogen-bond donors (Lipinski definition) is 0. The molecule has 1 amide bonds. The van der Waals surface area contributed by atoms with Crippen molar-refractivity contribution in [3.05, 3.63) is 107 Å². The summed E-state index contributed by atoms with van der Waals surface area (Å²) in [6.45, 7) is 2.00. The molecule has 1 aliphatic rings. The van der Waals surface area contributed by atoms with E-state index >= 15 is 0 Å². The van der Waals surface area contributed by atoms with E-state index < -0.39 is 0 Å². The van der Waals surface area contributed by atoms with Gasteiger partial charge in [0.15, 0.2) is 0 Å². The molecule has 0 spiro atoms. The first-order chi connectivity index (χ1) is 16.1. The lowest BCUT2D eigenvalue weighted by Crippen LogP contribution is -2.30. The van der Waals surface area contributed by atoms with Crippen molar-refractivity contribution in [2.24, 2.45) is 0 Å². The Morgan fingerprint density at radius 3 is 2.33 bits per heavy atom. The van der Waals surface area contributed by atoms with Gasteiger partial charge in [-0.1, -0.05) is 72.5 Å². The Kier molecular flexibility index (Phi) is 5.90. The zero-order valence-electron chi connectivity index (χ0n) is 17.8. The fraction of sp³-hybridized carbons (Fsp3) is 0.0769. The van der Waals surface area contributed by atoms with Gasteiger partial charge in [-0.3, -0.25) is 14.7 Å². The van der Waals surface area contributed by atoms with Gasteiger partial charge >= 0.3 is 0 Å². The lowest BCUT2D eigenvalue weighted by Gasteiger charge is -2.23. The number of nitrogens with zero attached hydrogens (tertiary/aromatic N) is 4. The van der Waals surface area contributed by atoms with Gasteiger partial charge in [0.1, 0.15) is 10.0 Å². The number of hydrogen-bond acceptors (Lipinski definition) is 5. The Labute approximate surface area is 201 Å². The number of amides is 1. The quantitative estimate of drug-likeness (QED) is 0.270. The first-order valence-electron chi connectivity index (χ1n) is 10.5. The Bertz CT molecular complexity index is 1330. The molecule has 4 aromatic rings. The molecule has 1 atom stereocenters. The molecule has 0 bridgehead atoms. The van der Waals surface area contributed by atoms with Gasteiger partial charge < -0.3 is 0 Å². The topological polar surface area (TPSA) is 51.0 Å². The molecule has 0 N–H and O–H groups in total. The van der Waals surface area contributed by atoms with E-state index in [1.807, 2.05) is 96.7 Å². The van der Waals surface area contributed by atoms with Gasteiger partial charge in [-0.15, -0.1) is 0 Å². The molecule has 1 fully saturated rings. The molecule has 1 saturated heterocycles. The van der Waals surface area contributed by atoms with Crippen molar-refractivity contribution < 1.29 is 4.79 Å². The minimum atomic E-state index is -0.142. The average molecular weight is 469 g/mol. The molecule has 2 aromatic carbocycles. The normalized spacial score (nSPS) is 15.9. The number of benzene rings is 2. The minimum absolute atomic E-state index is 0.0884. The van der Waals surface area contributed by atoms with Crippen LogP contribution < -0.4 is 0 Å². The van der Waals surface area contributed by atoms with E-state index in [0.29, 0.717) is 9.23 Å². The molecule has 5 nitrogen and oxygen atoms in total. The highest BCUT2D eigenvalue weighted by atomic mass is 32.2. The summed E-state index contributed by atoms with van der Waals surface area (Å²) in [5, 5.41) is 4.82. The summed E-state index contributed by atoms with van der Waals surface area (Å²) in [5.41, 5.74) is 4.54. The third-order valence-corrected chi connectivity index (χ3v) is 6.83. The predicted octanol–water partition coefficient (Wildman–Crippen LogP) is 5.90. The Balaban J connectivity index is 1.54. The smallest absolute Gasteiger partial charge is 0.266 e. The Morgan fingerprint density at radius 1 is 0.970 bits per heavy atom. The highest BCUT2D eigenvalue weighted by Crippen LogP contribution is 2.39. The minimum Gasteiger partial charge on any atom is -0.286 e. The fourth-order valence-corrected chi connectivity index (χ4v) is 5.19. The van der Waals surface area contributed by atoms with Gasteiger partial charge in [0.25, 0.3) is 5.91 Å². The van der Waals surface area contributed by atoms with Crippen LogP contribution in [-0.4, -0.2) is 29.9 Å². The number of carbonyl (C=O) groups excluding carboxylic acids is 1. The van der Waals surface area contributed by atoms with Crippen molar-refractivity contribution in [2.45, 2.75) is 13.0 Å². The maximum absolute atomic E-state index is 13.4. The molecule has 7 heteroatoms. The fourth-order valence-electron chi connectivity index (χ4n) is 3.78. The Hall–Kier alpha value is -3.55. The summed E-state index contributed by atoms with van der Waals surface area (Å²) in [4.78, 5) is 19.8. The zero-order valence-corrected chi connectivity index (χ0v) is 19.5. The second-order valence-corrected chi connectivity index (χ2v) is 9.26. The number of carbonyl (C=O) groups is 1. The monoisotopic (exact) mass is 468 g/mol. The molecule has 1 unspecified atom stereocenters. The van der Waals surface area contributed by atoms with Crippen LogP contribution in [0.4, 0.5) is 0 Å². The number of thioether (sulfide) groups is 1.